The van der Waals surface area contributed by atoms with Gasteiger partial charge in [-0.05, 0) is 30.3 Å². The van der Waals surface area contributed by atoms with Gasteiger partial charge in [0.15, 0.2) is 0 Å². The van der Waals surface area contributed by atoms with Gasteiger partial charge in [0, 0.05) is 44.7 Å². The quantitative estimate of drug-likeness (QED) is 0.301. The molecule has 5 rings (SSSR count). The molecule has 1 fully saturated rings. The van der Waals surface area contributed by atoms with E-state index < -0.39 is 0 Å². The van der Waals surface area contributed by atoms with Crippen molar-refractivity contribution in [3.05, 3.63) is 63.4 Å². The van der Waals surface area contributed by atoms with Crippen LogP contribution in [0.15, 0.2) is 52.1 Å². The Morgan fingerprint density at radius 3 is 2.65 bits per heavy atom. The number of rotatable bonds is 7. The first-order valence-corrected chi connectivity index (χ1v) is 13.4. The van der Waals surface area contributed by atoms with Crippen molar-refractivity contribution in [2.75, 3.05) is 36.8 Å². The topological polar surface area (TPSA) is 75.4 Å². The molecule has 0 radical (unpaired) electrons. The minimum atomic E-state index is 0.0630. The number of para-hydroxylation sites is 1. The molecular weight excluding hydrogens is 513 g/mol. The number of amides is 1. The summed E-state index contributed by atoms with van der Waals surface area (Å²) in [4.78, 5) is 21.4. The van der Waals surface area contributed by atoms with E-state index >= 15 is 0 Å². The molecule has 34 heavy (non-hydrogen) atoms. The van der Waals surface area contributed by atoms with Gasteiger partial charge in [-0.15, -0.1) is 21.5 Å². The fraction of sp³-hybridized carbons (Fsp3) is 0.304. The van der Waals surface area contributed by atoms with Gasteiger partial charge in [-0.1, -0.05) is 47.1 Å². The summed E-state index contributed by atoms with van der Waals surface area (Å²) in [5, 5.41) is 10.7. The van der Waals surface area contributed by atoms with E-state index in [-0.39, 0.29) is 11.7 Å². The number of thiazole rings is 1. The van der Waals surface area contributed by atoms with Gasteiger partial charge in [-0.2, -0.15) is 0 Å². The SMILES string of the molecule is O=C(CSc1nnc(CCc2nc3ccccc3s2)o1)N1CCN(c2ccc(Cl)c(Cl)c2)CC1. The Hall–Kier alpha value is -2.33. The van der Waals surface area contributed by atoms with Gasteiger partial charge in [0.2, 0.25) is 11.8 Å². The molecule has 4 aromatic rings. The molecule has 176 valence electrons. The number of anilines is 1. The van der Waals surface area contributed by atoms with Crippen molar-refractivity contribution in [2.45, 2.75) is 18.1 Å². The predicted molar refractivity (Wildman–Crippen MR) is 137 cm³/mol. The average molecular weight is 534 g/mol. The Bertz CT molecular complexity index is 1270. The lowest BCUT2D eigenvalue weighted by atomic mass is 10.2. The van der Waals surface area contributed by atoms with E-state index in [2.05, 4.69) is 26.1 Å². The van der Waals surface area contributed by atoms with Crippen molar-refractivity contribution in [2.24, 2.45) is 0 Å². The number of hydrogen-bond donors (Lipinski definition) is 0. The minimum absolute atomic E-state index is 0.0630. The molecule has 1 saturated heterocycles. The van der Waals surface area contributed by atoms with E-state index in [0.29, 0.717) is 40.7 Å². The lowest BCUT2D eigenvalue weighted by molar-refractivity contribution is -0.128. The Balaban J connectivity index is 1.08. The maximum absolute atomic E-state index is 12.7. The zero-order valence-corrected chi connectivity index (χ0v) is 21.3. The highest BCUT2D eigenvalue weighted by Gasteiger charge is 2.22. The third-order valence-corrected chi connectivity index (χ3v) is 8.20. The first-order chi connectivity index (χ1) is 16.5. The summed E-state index contributed by atoms with van der Waals surface area (Å²) in [5.41, 5.74) is 2.03. The number of nitrogens with zero attached hydrogens (tertiary/aromatic N) is 5. The fourth-order valence-corrected chi connectivity index (χ4v) is 5.69. The summed E-state index contributed by atoms with van der Waals surface area (Å²) in [6.07, 6.45) is 1.37. The smallest absolute Gasteiger partial charge is 0.277 e. The average Bonchev–Trinajstić information content (AvgIpc) is 3.49. The van der Waals surface area contributed by atoms with Gasteiger partial charge in [0.25, 0.3) is 5.22 Å². The van der Waals surface area contributed by atoms with Crippen LogP contribution in [0.5, 0.6) is 0 Å². The number of benzene rings is 2. The molecule has 11 heteroatoms. The molecule has 1 aliphatic heterocycles. The van der Waals surface area contributed by atoms with Crippen LogP contribution in [0.2, 0.25) is 10.0 Å². The summed E-state index contributed by atoms with van der Waals surface area (Å²) < 4.78 is 6.90. The number of carbonyl (C=O) groups excluding carboxylic acids is 1. The molecule has 0 N–H and O–H groups in total. The van der Waals surface area contributed by atoms with Crippen LogP contribution in [0.3, 0.4) is 0 Å². The Labute approximate surface area is 215 Å². The lowest BCUT2D eigenvalue weighted by Gasteiger charge is -2.36. The van der Waals surface area contributed by atoms with Crippen molar-refractivity contribution in [1.82, 2.24) is 20.1 Å². The summed E-state index contributed by atoms with van der Waals surface area (Å²) >= 11 is 15.1. The molecule has 3 heterocycles. The summed E-state index contributed by atoms with van der Waals surface area (Å²) in [5.74, 6) is 0.893. The monoisotopic (exact) mass is 533 g/mol. The van der Waals surface area contributed by atoms with E-state index in [9.17, 15) is 4.79 Å². The number of thioether (sulfide) groups is 1. The van der Waals surface area contributed by atoms with Crippen LogP contribution in [0.4, 0.5) is 5.69 Å². The van der Waals surface area contributed by atoms with Gasteiger partial charge >= 0.3 is 0 Å². The number of fused-ring (bicyclic) bond motifs is 1. The van der Waals surface area contributed by atoms with Crippen LogP contribution in [0.1, 0.15) is 10.9 Å². The zero-order valence-electron chi connectivity index (χ0n) is 18.1. The first kappa shape index (κ1) is 23.4. The van der Waals surface area contributed by atoms with Crippen molar-refractivity contribution in [3.63, 3.8) is 0 Å². The lowest BCUT2D eigenvalue weighted by Crippen LogP contribution is -2.49. The fourth-order valence-electron chi connectivity index (χ4n) is 3.75. The molecule has 0 unspecified atom stereocenters. The predicted octanol–water partition coefficient (Wildman–Crippen LogP) is 5.21. The third kappa shape index (κ3) is 5.49. The third-order valence-electron chi connectivity index (χ3n) is 5.56. The van der Waals surface area contributed by atoms with Crippen LogP contribution >= 0.6 is 46.3 Å². The number of aromatic nitrogens is 3. The van der Waals surface area contributed by atoms with Gasteiger partial charge in [-0.3, -0.25) is 4.79 Å². The molecule has 2 aromatic carbocycles. The Morgan fingerprint density at radius 1 is 1.03 bits per heavy atom. The van der Waals surface area contributed by atoms with E-state index in [4.69, 9.17) is 27.6 Å². The molecule has 0 atom stereocenters. The van der Waals surface area contributed by atoms with Crippen LogP contribution < -0.4 is 4.90 Å². The van der Waals surface area contributed by atoms with Crippen molar-refractivity contribution >= 4 is 68.1 Å². The van der Waals surface area contributed by atoms with Gasteiger partial charge in [0.05, 0.1) is 31.0 Å². The normalized spacial score (nSPS) is 14.2. The summed E-state index contributed by atoms with van der Waals surface area (Å²) in [7, 11) is 0. The van der Waals surface area contributed by atoms with E-state index in [1.165, 1.54) is 16.5 Å². The van der Waals surface area contributed by atoms with Crippen LogP contribution in [0.25, 0.3) is 10.2 Å². The van der Waals surface area contributed by atoms with Crippen molar-refractivity contribution < 1.29 is 9.21 Å². The summed E-state index contributed by atoms with van der Waals surface area (Å²) in [6, 6.07) is 13.7. The second-order valence-electron chi connectivity index (χ2n) is 7.79. The summed E-state index contributed by atoms with van der Waals surface area (Å²) in [6.45, 7) is 2.78. The maximum atomic E-state index is 12.7. The molecule has 1 aliphatic rings. The second kappa shape index (κ2) is 10.5. The standard InChI is InChI=1S/C23H21Cl2N5O2S2/c24-16-6-5-15(13-17(16)25)29-9-11-30(12-10-29)22(31)14-33-23-28-27-20(32-23)7-8-21-26-18-3-1-2-4-19(18)34-21/h1-6,13H,7-12,14H2. The highest BCUT2D eigenvalue weighted by molar-refractivity contribution is 7.99. The first-order valence-electron chi connectivity index (χ1n) is 10.8. The Kier molecular flexibility index (Phi) is 7.24. The van der Waals surface area contributed by atoms with Gasteiger partial charge in [0.1, 0.15) is 0 Å². The van der Waals surface area contributed by atoms with Crippen LogP contribution in [-0.2, 0) is 17.6 Å². The Morgan fingerprint density at radius 2 is 1.85 bits per heavy atom. The molecular formula is C23H21Cl2N5O2S2. The maximum Gasteiger partial charge on any atom is 0.277 e. The van der Waals surface area contributed by atoms with E-state index in [1.54, 1.807) is 17.4 Å². The second-order valence-corrected chi connectivity index (χ2v) is 10.6. The molecule has 7 nitrogen and oxygen atoms in total. The highest BCUT2D eigenvalue weighted by atomic mass is 35.5. The molecule has 0 saturated carbocycles. The van der Waals surface area contributed by atoms with E-state index in [1.807, 2.05) is 35.2 Å². The molecule has 2 aromatic heterocycles. The van der Waals surface area contributed by atoms with Crippen LogP contribution in [0, 0.1) is 0 Å². The number of carbonyl (C=O) groups is 1. The van der Waals surface area contributed by atoms with Crippen molar-refractivity contribution in [1.29, 1.82) is 0 Å². The highest BCUT2D eigenvalue weighted by Crippen LogP contribution is 2.28. The van der Waals surface area contributed by atoms with Crippen molar-refractivity contribution in [3.8, 4) is 0 Å². The van der Waals surface area contributed by atoms with E-state index in [0.717, 1.165) is 35.7 Å². The van der Waals surface area contributed by atoms with Crippen LogP contribution in [-0.4, -0.2) is 57.9 Å². The number of hydrogen-bond acceptors (Lipinski definition) is 8. The number of piperazine rings is 1. The molecule has 0 spiro atoms. The zero-order chi connectivity index (χ0) is 23.5. The van der Waals surface area contributed by atoms with Gasteiger partial charge in [-0.25, -0.2) is 4.98 Å². The van der Waals surface area contributed by atoms with Gasteiger partial charge < -0.3 is 14.2 Å². The molecule has 0 aliphatic carbocycles. The number of halogens is 2. The minimum Gasteiger partial charge on any atom is -0.416 e. The largest absolute Gasteiger partial charge is 0.416 e. The number of aryl methyl sites for hydroxylation is 2. The molecule has 0 bridgehead atoms. The molecule has 1 amide bonds.